The number of halogens is 1. The molecule has 3 rings (SSSR count). The molecular weight excluding hydrogens is 387 g/mol. The van der Waals surface area contributed by atoms with Crippen molar-refractivity contribution in [2.75, 3.05) is 5.32 Å². The number of anilines is 1. The molecule has 27 heavy (non-hydrogen) atoms. The monoisotopic (exact) mass is 404 g/mol. The summed E-state index contributed by atoms with van der Waals surface area (Å²) >= 11 is 1.06. The minimum absolute atomic E-state index is 0.124. The van der Waals surface area contributed by atoms with Gasteiger partial charge in [-0.05, 0) is 41.6 Å². The van der Waals surface area contributed by atoms with Crippen molar-refractivity contribution < 1.29 is 17.6 Å². The van der Waals surface area contributed by atoms with E-state index in [1.54, 1.807) is 11.4 Å². The second-order valence-electron chi connectivity index (χ2n) is 5.80. The molecule has 1 heterocycles. The Morgan fingerprint density at radius 3 is 2.48 bits per heavy atom. The standard InChI is InChI=1S/C19H17FN2O3S2/c20-15-8-4-9-16(13-15)21-19(23)17(12-14-6-2-1-3-7-14)22-27(24,25)18-10-5-11-26-18/h1-11,13,17,22H,12H2,(H,21,23). The minimum Gasteiger partial charge on any atom is -0.325 e. The van der Waals surface area contributed by atoms with Gasteiger partial charge in [0.15, 0.2) is 0 Å². The summed E-state index contributed by atoms with van der Waals surface area (Å²) < 4.78 is 41.1. The van der Waals surface area contributed by atoms with E-state index in [2.05, 4.69) is 10.0 Å². The zero-order chi connectivity index (χ0) is 19.3. The first-order valence-electron chi connectivity index (χ1n) is 8.10. The zero-order valence-corrected chi connectivity index (χ0v) is 15.8. The predicted octanol–water partition coefficient (Wildman–Crippen LogP) is 3.42. The second-order valence-corrected chi connectivity index (χ2v) is 8.68. The summed E-state index contributed by atoms with van der Waals surface area (Å²) in [4.78, 5) is 12.7. The lowest BCUT2D eigenvalue weighted by atomic mass is 10.1. The van der Waals surface area contributed by atoms with Gasteiger partial charge in [0, 0.05) is 5.69 Å². The van der Waals surface area contributed by atoms with Gasteiger partial charge in [0.1, 0.15) is 16.1 Å². The highest BCUT2D eigenvalue weighted by atomic mass is 32.2. The first kappa shape index (κ1) is 19.2. The van der Waals surface area contributed by atoms with Crippen molar-refractivity contribution in [2.45, 2.75) is 16.7 Å². The third kappa shape index (κ3) is 5.22. The quantitative estimate of drug-likeness (QED) is 0.634. The van der Waals surface area contributed by atoms with Crippen LogP contribution < -0.4 is 10.0 Å². The molecule has 1 atom stereocenters. The minimum atomic E-state index is -3.85. The van der Waals surface area contributed by atoms with E-state index in [-0.39, 0.29) is 16.3 Å². The summed E-state index contributed by atoms with van der Waals surface area (Å²) in [6, 6.07) is 16.5. The van der Waals surface area contributed by atoms with E-state index in [0.29, 0.717) is 0 Å². The summed E-state index contributed by atoms with van der Waals surface area (Å²) in [5, 5.41) is 4.21. The summed E-state index contributed by atoms with van der Waals surface area (Å²) in [6.45, 7) is 0. The van der Waals surface area contributed by atoms with Crippen LogP contribution in [0.5, 0.6) is 0 Å². The Balaban J connectivity index is 1.83. The molecule has 3 aromatic rings. The number of benzene rings is 2. The molecule has 0 saturated carbocycles. The van der Waals surface area contributed by atoms with Crippen molar-refractivity contribution in [3.8, 4) is 0 Å². The summed E-state index contributed by atoms with van der Waals surface area (Å²) in [5.41, 5.74) is 1.05. The van der Waals surface area contributed by atoms with Crippen LogP contribution in [-0.2, 0) is 21.2 Å². The molecule has 5 nitrogen and oxygen atoms in total. The lowest BCUT2D eigenvalue weighted by Gasteiger charge is -2.18. The molecule has 1 amide bonds. The van der Waals surface area contributed by atoms with Crippen molar-refractivity contribution in [1.29, 1.82) is 0 Å². The first-order valence-corrected chi connectivity index (χ1v) is 10.5. The Kier molecular flexibility index (Phi) is 6.00. The van der Waals surface area contributed by atoms with Crippen molar-refractivity contribution >= 4 is 33.0 Å². The number of nitrogens with one attached hydrogen (secondary N) is 2. The number of carbonyl (C=O) groups excluding carboxylic acids is 1. The number of hydrogen-bond donors (Lipinski definition) is 2. The topological polar surface area (TPSA) is 75.3 Å². The molecule has 1 unspecified atom stereocenters. The van der Waals surface area contributed by atoms with Gasteiger partial charge in [-0.15, -0.1) is 11.3 Å². The van der Waals surface area contributed by atoms with Crippen LogP contribution in [-0.4, -0.2) is 20.4 Å². The van der Waals surface area contributed by atoms with Gasteiger partial charge in [-0.3, -0.25) is 4.79 Å². The summed E-state index contributed by atoms with van der Waals surface area (Å²) in [6.07, 6.45) is 0.159. The van der Waals surface area contributed by atoms with Crippen molar-refractivity contribution in [3.63, 3.8) is 0 Å². The van der Waals surface area contributed by atoms with Gasteiger partial charge < -0.3 is 5.32 Å². The normalized spacial score (nSPS) is 12.5. The molecule has 140 valence electrons. The molecule has 8 heteroatoms. The van der Waals surface area contributed by atoms with Crippen LogP contribution in [0.3, 0.4) is 0 Å². The lowest BCUT2D eigenvalue weighted by molar-refractivity contribution is -0.117. The third-order valence-electron chi connectivity index (χ3n) is 3.75. The zero-order valence-electron chi connectivity index (χ0n) is 14.1. The van der Waals surface area contributed by atoms with Gasteiger partial charge in [0.25, 0.3) is 10.0 Å². The Morgan fingerprint density at radius 1 is 1.04 bits per heavy atom. The summed E-state index contributed by atoms with van der Waals surface area (Å²) in [7, 11) is -3.85. The predicted molar refractivity (Wildman–Crippen MR) is 104 cm³/mol. The van der Waals surface area contributed by atoms with E-state index in [1.807, 2.05) is 30.3 Å². The third-order valence-corrected chi connectivity index (χ3v) is 6.62. The Hall–Kier alpha value is -2.55. The van der Waals surface area contributed by atoms with Crippen LogP contribution in [0.15, 0.2) is 76.3 Å². The highest BCUT2D eigenvalue weighted by molar-refractivity contribution is 7.91. The average Bonchev–Trinajstić information content (AvgIpc) is 3.17. The van der Waals surface area contributed by atoms with Crippen molar-refractivity contribution in [2.24, 2.45) is 0 Å². The first-order chi connectivity index (χ1) is 12.9. The van der Waals surface area contributed by atoms with E-state index in [9.17, 15) is 17.6 Å². The number of hydrogen-bond acceptors (Lipinski definition) is 4. The molecule has 0 fully saturated rings. The van der Waals surface area contributed by atoms with Crippen LogP contribution in [0.1, 0.15) is 5.56 Å². The maximum Gasteiger partial charge on any atom is 0.250 e. The Morgan fingerprint density at radius 2 is 1.81 bits per heavy atom. The van der Waals surface area contributed by atoms with Crippen LogP contribution in [0.2, 0.25) is 0 Å². The van der Waals surface area contributed by atoms with Gasteiger partial charge >= 0.3 is 0 Å². The SMILES string of the molecule is O=C(Nc1cccc(F)c1)C(Cc1ccccc1)NS(=O)(=O)c1cccs1. The van der Waals surface area contributed by atoms with E-state index in [1.165, 1.54) is 30.3 Å². The van der Waals surface area contributed by atoms with E-state index < -0.39 is 27.8 Å². The van der Waals surface area contributed by atoms with Crippen LogP contribution >= 0.6 is 11.3 Å². The Labute approximate surface area is 160 Å². The molecule has 0 aliphatic heterocycles. The van der Waals surface area contributed by atoms with Gasteiger partial charge in [0.05, 0.1) is 0 Å². The molecule has 0 bridgehead atoms. The largest absolute Gasteiger partial charge is 0.325 e. The molecule has 0 radical (unpaired) electrons. The molecule has 2 aromatic carbocycles. The Bertz CT molecular complexity index is 1010. The second kappa shape index (κ2) is 8.43. The fourth-order valence-electron chi connectivity index (χ4n) is 2.50. The number of rotatable bonds is 7. The van der Waals surface area contributed by atoms with Crippen molar-refractivity contribution in [1.82, 2.24) is 4.72 Å². The molecule has 0 spiro atoms. The summed E-state index contributed by atoms with van der Waals surface area (Å²) in [5.74, 6) is -1.06. The highest BCUT2D eigenvalue weighted by Gasteiger charge is 2.26. The number of sulfonamides is 1. The average molecular weight is 404 g/mol. The number of amides is 1. The van der Waals surface area contributed by atoms with Gasteiger partial charge in [0.2, 0.25) is 5.91 Å². The maximum atomic E-state index is 13.4. The molecule has 0 aliphatic rings. The fraction of sp³-hybridized carbons (Fsp3) is 0.105. The van der Waals surface area contributed by atoms with E-state index >= 15 is 0 Å². The van der Waals surface area contributed by atoms with Crippen molar-refractivity contribution in [3.05, 3.63) is 83.5 Å². The lowest BCUT2D eigenvalue weighted by Crippen LogP contribution is -2.45. The smallest absolute Gasteiger partial charge is 0.250 e. The maximum absolute atomic E-state index is 13.4. The van der Waals surface area contributed by atoms with Gasteiger partial charge in [-0.25, -0.2) is 12.8 Å². The molecule has 2 N–H and O–H groups in total. The van der Waals surface area contributed by atoms with Crippen LogP contribution in [0.4, 0.5) is 10.1 Å². The van der Waals surface area contributed by atoms with Gasteiger partial charge in [-0.1, -0.05) is 42.5 Å². The molecule has 1 aromatic heterocycles. The van der Waals surface area contributed by atoms with Gasteiger partial charge in [-0.2, -0.15) is 4.72 Å². The van der Waals surface area contributed by atoms with Crippen LogP contribution in [0, 0.1) is 5.82 Å². The highest BCUT2D eigenvalue weighted by Crippen LogP contribution is 2.17. The molecular formula is C19H17FN2O3S2. The molecule has 0 aliphatic carbocycles. The van der Waals surface area contributed by atoms with E-state index in [0.717, 1.165) is 16.9 Å². The van der Waals surface area contributed by atoms with Crippen LogP contribution in [0.25, 0.3) is 0 Å². The fourth-order valence-corrected chi connectivity index (χ4v) is 4.70. The molecule has 0 saturated heterocycles. The number of thiophene rings is 1. The number of carbonyl (C=O) groups is 1. The van der Waals surface area contributed by atoms with E-state index in [4.69, 9.17) is 0 Å².